The Morgan fingerprint density at radius 1 is 1.10 bits per heavy atom. The van der Waals surface area contributed by atoms with Gasteiger partial charge in [-0.15, -0.1) is 0 Å². The van der Waals surface area contributed by atoms with Gasteiger partial charge in [-0.3, -0.25) is 4.79 Å². The Hall–Kier alpha value is -4.86. The first-order valence-corrected chi connectivity index (χ1v) is 13.0. The highest BCUT2D eigenvalue weighted by molar-refractivity contribution is 5.88. The van der Waals surface area contributed by atoms with Crippen LogP contribution < -0.4 is 10.1 Å². The van der Waals surface area contributed by atoms with Gasteiger partial charge in [0.1, 0.15) is 29.7 Å². The zero-order valence-corrected chi connectivity index (χ0v) is 21.6. The van der Waals surface area contributed by atoms with Gasteiger partial charge in [0.15, 0.2) is 11.5 Å². The molecular formula is C29H28N8O2. The summed E-state index contributed by atoms with van der Waals surface area (Å²) in [5, 5.41) is 7.52. The number of carbonyl (C=O) groups is 1. The summed E-state index contributed by atoms with van der Waals surface area (Å²) < 4.78 is 7.79. The summed E-state index contributed by atoms with van der Waals surface area (Å²) in [4.78, 5) is 32.3. The van der Waals surface area contributed by atoms with E-state index in [0.717, 1.165) is 59.7 Å². The summed E-state index contributed by atoms with van der Waals surface area (Å²) in [5.74, 6) is 2.16. The Morgan fingerprint density at radius 2 is 2.03 bits per heavy atom. The molecule has 0 spiro atoms. The molecule has 0 radical (unpaired) electrons. The van der Waals surface area contributed by atoms with Crippen LogP contribution in [-0.4, -0.2) is 53.4 Å². The summed E-state index contributed by atoms with van der Waals surface area (Å²) in [6.45, 7) is 7.02. The second-order valence-electron chi connectivity index (χ2n) is 9.64. The fraction of sp³-hybridized carbons (Fsp3) is 0.241. The smallest absolute Gasteiger partial charge is 0.245 e. The molecule has 1 saturated heterocycles. The first-order valence-electron chi connectivity index (χ1n) is 13.0. The highest BCUT2D eigenvalue weighted by Gasteiger charge is 2.23. The van der Waals surface area contributed by atoms with Crippen LogP contribution in [0.4, 0.5) is 11.5 Å². The molecule has 6 rings (SSSR count). The van der Waals surface area contributed by atoms with E-state index < -0.39 is 0 Å². The van der Waals surface area contributed by atoms with E-state index >= 15 is 0 Å². The SMILES string of the molecule is C=CC(=O)N1CCCCC(c2ccc3ncnc(Nc4ccc(Oc5ccn6ncnc6c5)c(C)c4)c3n2)C1. The molecule has 1 aromatic carbocycles. The van der Waals surface area contributed by atoms with Gasteiger partial charge in [-0.1, -0.05) is 13.0 Å². The maximum absolute atomic E-state index is 12.3. The average Bonchev–Trinajstić information content (AvgIpc) is 3.28. The van der Waals surface area contributed by atoms with E-state index in [4.69, 9.17) is 9.72 Å². The number of hydrogen-bond donors (Lipinski definition) is 1. The third-order valence-corrected chi connectivity index (χ3v) is 7.00. The molecule has 1 N–H and O–H groups in total. The molecule has 4 aromatic heterocycles. The van der Waals surface area contributed by atoms with Crippen molar-refractivity contribution in [1.29, 1.82) is 0 Å². The summed E-state index contributed by atoms with van der Waals surface area (Å²) in [5.41, 5.74) is 4.92. The van der Waals surface area contributed by atoms with E-state index in [1.54, 1.807) is 4.52 Å². The third-order valence-electron chi connectivity index (χ3n) is 7.00. The molecule has 196 valence electrons. The second-order valence-corrected chi connectivity index (χ2v) is 9.64. The standard InChI is InChI=1S/C29H28N8O2/c1-3-27(38)36-12-5-4-6-20(16-36)23-8-9-24-28(35-23)29(32-17-30-24)34-21-7-10-25(19(2)14-21)39-22-11-13-37-26(15-22)31-18-33-37/h3,7-11,13-15,17-18,20H,1,4-6,12,16H2,2H3,(H,30,32,34). The second kappa shape index (κ2) is 10.5. The molecule has 1 atom stereocenters. The zero-order valence-electron chi connectivity index (χ0n) is 21.6. The number of aromatic nitrogens is 6. The van der Waals surface area contributed by atoms with Crippen molar-refractivity contribution < 1.29 is 9.53 Å². The molecule has 1 unspecified atom stereocenters. The molecule has 5 aromatic rings. The lowest BCUT2D eigenvalue weighted by Gasteiger charge is -2.23. The summed E-state index contributed by atoms with van der Waals surface area (Å²) in [6, 6.07) is 13.6. The molecular weight excluding hydrogens is 492 g/mol. The van der Waals surface area contributed by atoms with Gasteiger partial charge >= 0.3 is 0 Å². The quantitative estimate of drug-likeness (QED) is 0.305. The highest BCUT2D eigenvalue weighted by Crippen LogP contribution is 2.31. The first-order chi connectivity index (χ1) is 19.1. The number of fused-ring (bicyclic) bond motifs is 2. The van der Waals surface area contributed by atoms with Crippen LogP contribution in [0.1, 0.15) is 36.4 Å². The molecule has 10 heteroatoms. The lowest BCUT2D eigenvalue weighted by Crippen LogP contribution is -2.32. The number of aryl methyl sites for hydroxylation is 1. The lowest BCUT2D eigenvalue weighted by molar-refractivity contribution is -0.126. The highest BCUT2D eigenvalue weighted by atomic mass is 16.5. The van der Waals surface area contributed by atoms with Gasteiger partial charge in [0.2, 0.25) is 5.91 Å². The molecule has 39 heavy (non-hydrogen) atoms. The van der Waals surface area contributed by atoms with Crippen molar-refractivity contribution >= 4 is 34.1 Å². The molecule has 0 aliphatic carbocycles. The number of pyridine rings is 2. The topological polar surface area (TPSA) is 110 Å². The van der Waals surface area contributed by atoms with Gasteiger partial charge in [-0.05, 0) is 67.8 Å². The van der Waals surface area contributed by atoms with E-state index in [1.807, 2.05) is 60.5 Å². The van der Waals surface area contributed by atoms with Gasteiger partial charge < -0.3 is 15.0 Å². The van der Waals surface area contributed by atoms with Crippen LogP contribution in [0.15, 0.2) is 74.0 Å². The number of rotatable bonds is 6. The molecule has 1 aliphatic heterocycles. The summed E-state index contributed by atoms with van der Waals surface area (Å²) >= 11 is 0. The van der Waals surface area contributed by atoms with Crippen LogP contribution in [0.5, 0.6) is 11.5 Å². The van der Waals surface area contributed by atoms with Crippen LogP contribution in [0.25, 0.3) is 16.7 Å². The number of anilines is 2. The predicted molar refractivity (Wildman–Crippen MR) is 148 cm³/mol. The van der Waals surface area contributed by atoms with Crippen LogP contribution in [-0.2, 0) is 4.79 Å². The van der Waals surface area contributed by atoms with Crippen molar-refractivity contribution in [2.75, 3.05) is 18.4 Å². The molecule has 5 heterocycles. The predicted octanol–water partition coefficient (Wildman–Crippen LogP) is 5.19. The lowest BCUT2D eigenvalue weighted by atomic mass is 9.98. The Morgan fingerprint density at radius 3 is 2.90 bits per heavy atom. The number of carbonyl (C=O) groups excluding carboxylic acids is 1. The normalized spacial score (nSPS) is 15.7. The molecule has 10 nitrogen and oxygen atoms in total. The Balaban J connectivity index is 1.24. The largest absolute Gasteiger partial charge is 0.457 e. The van der Waals surface area contributed by atoms with Gasteiger partial charge in [-0.25, -0.2) is 24.5 Å². The molecule has 0 bridgehead atoms. The minimum absolute atomic E-state index is 0.0322. The fourth-order valence-electron chi connectivity index (χ4n) is 4.95. The van der Waals surface area contributed by atoms with Crippen molar-refractivity contribution in [2.24, 2.45) is 0 Å². The van der Waals surface area contributed by atoms with Crippen LogP contribution in [0, 0.1) is 6.92 Å². The van der Waals surface area contributed by atoms with E-state index in [2.05, 4.69) is 31.9 Å². The van der Waals surface area contributed by atoms with Crippen LogP contribution in [0.2, 0.25) is 0 Å². The van der Waals surface area contributed by atoms with E-state index in [1.165, 1.54) is 18.7 Å². The van der Waals surface area contributed by atoms with Gasteiger partial charge in [0.05, 0.1) is 5.52 Å². The van der Waals surface area contributed by atoms with Crippen molar-refractivity contribution in [3.8, 4) is 11.5 Å². The minimum atomic E-state index is -0.0322. The van der Waals surface area contributed by atoms with Gasteiger partial charge in [0.25, 0.3) is 0 Å². The summed E-state index contributed by atoms with van der Waals surface area (Å²) in [7, 11) is 0. The van der Waals surface area contributed by atoms with Crippen molar-refractivity contribution in [3.05, 3.63) is 85.2 Å². The number of amides is 1. The van der Waals surface area contributed by atoms with Gasteiger partial charge in [0, 0.05) is 42.7 Å². The third kappa shape index (κ3) is 5.13. The van der Waals surface area contributed by atoms with Crippen molar-refractivity contribution in [1.82, 2.24) is 34.4 Å². The number of nitrogens with zero attached hydrogens (tertiary/aromatic N) is 7. The van der Waals surface area contributed by atoms with Crippen molar-refractivity contribution in [3.63, 3.8) is 0 Å². The number of ether oxygens (including phenoxy) is 1. The minimum Gasteiger partial charge on any atom is -0.457 e. The Kier molecular flexibility index (Phi) is 6.58. The number of benzene rings is 1. The fourth-order valence-corrected chi connectivity index (χ4v) is 4.95. The average molecular weight is 521 g/mol. The maximum Gasteiger partial charge on any atom is 0.245 e. The molecule has 1 aliphatic rings. The van der Waals surface area contributed by atoms with E-state index in [-0.39, 0.29) is 11.8 Å². The monoisotopic (exact) mass is 520 g/mol. The Labute approximate surface area is 225 Å². The van der Waals surface area contributed by atoms with Crippen molar-refractivity contribution in [2.45, 2.75) is 32.1 Å². The van der Waals surface area contributed by atoms with Crippen LogP contribution >= 0.6 is 0 Å². The number of likely N-dealkylation sites (tertiary alicyclic amines) is 1. The Bertz CT molecular complexity index is 1680. The van der Waals surface area contributed by atoms with E-state index in [0.29, 0.717) is 23.6 Å². The van der Waals surface area contributed by atoms with Crippen LogP contribution in [0.3, 0.4) is 0 Å². The maximum atomic E-state index is 12.3. The number of hydrogen-bond acceptors (Lipinski definition) is 8. The van der Waals surface area contributed by atoms with Gasteiger partial charge in [-0.2, -0.15) is 5.10 Å². The van der Waals surface area contributed by atoms with E-state index in [9.17, 15) is 4.79 Å². The first kappa shape index (κ1) is 24.5. The molecule has 1 amide bonds. The summed E-state index contributed by atoms with van der Waals surface area (Å²) in [6.07, 6.45) is 9.24. The number of nitrogens with one attached hydrogen (secondary N) is 1. The zero-order chi connectivity index (χ0) is 26.8. The molecule has 0 saturated carbocycles. The molecule has 1 fully saturated rings.